The van der Waals surface area contributed by atoms with Gasteiger partial charge in [0.25, 0.3) is 0 Å². The molecule has 6 aromatic rings. The van der Waals surface area contributed by atoms with Crippen LogP contribution in [0.25, 0.3) is 56.2 Å². The lowest BCUT2D eigenvalue weighted by molar-refractivity contribution is -0.142. The number of rotatable bonds is 10. The van der Waals surface area contributed by atoms with Gasteiger partial charge in [-0.1, -0.05) is 24.3 Å². The fourth-order valence-electron chi connectivity index (χ4n) is 8.00. The van der Waals surface area contributed by atoms with Crippen molar-refractivity contribution in [1.29, 1.82) is 10.5 Å². The number of oxazole rings is 2. The van der Waals surface area contributed by atoms with Crippen molar-refractivity contribution in [2.24, 2.45) is 5.92 Å². The summed E-state index contributed by atoms with van der Waals surface area (Å²) in [5, 5.41) is 29.0. The number of fused-ring (bicyclic) bond motifs is 2. The second kappa shape index (κ2) is 14.6. The van der Waals surface area contributed by atoms with E-state index in [-0.39, 0.29) is 23.8 Å². The van der Waals surface area contributed by atoms with Gasteiger partial charge in [0, 0.05) is 42.4 Å². The molecule has 2 atom stereocenters. The lowest BCUT2D eigenvalue weighted by Gasteiger charge is -2.22. The Bertz CT molecular complexity index is 2550. The Kier molecular flexibility index (Phi) is 9.51. The number of ether oxygens (including phenoxy) is 1. The van der Waals surface area contributed by atoms with E-state index in [2.05, 4.69) is 17.0 Å². The maximum Gasteiger partial charge on any atom is 0.387 e. The first-order chi connectivity index (χ1) is 26.6. The van der Waals surface area contributed by atoms with Gasteiger partial charge < -0.3 is 18.7 Å². The summed E-state index contributed by atoms with van der Waals surface area (Å²) in [4.78, 5) is 25.3. The van der Waals surface area contributed by atoms with Gasteiger partial charge in [-0.05, 0) is 104 Å². The molecule has 2 aliphatic heterocycles. The highest BCUT2D eigenvalue weighted by atomic mass is 19.3. The van der Waals surface area contributed by atoms with Crippen LogP contribution in [-0.2, 0) is 17.9 Å². The van der Waals surface area contributed by atoms with E-state index in [4.69, 9.17) is 23.5 Å². The van der Waals surface area contributed by atoms with E-state index >= 15 is 0 Å². The van der Waals surface area contributed by atoms with Crippen molar-refractivity contribution in [3.8, 4) is 51.9 Å². The van der Waals surface area contributed by atoms with Gasteiger partial charge in [0.05, 0.1) is 17.6 Å². The van der Waals surface area contributed by atoms with Crippen LogP contribution in [0, 0.1) is 42.4 Å². The van der Waals surface area contributed by atoms with Gasteiger partial charge in [0.15, 0.2) is 11.2 Å². The number of carboxylic acid groups (broad SMARTS) is 1. The molecule has 1 N–H and O–H groups in total. The number of carboxylic acids is 1. The van der Waals surface area contributed by atoms with Crippen LogP contribution in [0.15, 0.2) is 69.5 Å². The Morgan fingerprint density at radius 3 is 2.27 bits per heavy atom. The van der Waals surface area contributed by atoms with Crippen molar-refractivity contribution in [2.75, 3.05) is 19.6 Å². The van der Waals surface area contributed by atoms with E-state index in [9.17, 15) is 29.2 Å². The second-order valence-electron chi connectivity index (χ2n) is 14.2. The number of carbonyl (C=O) groups is 1. The third kappa shape index (κ3) is 6.89. The van der Waals surface area contributed by atoms with Crippen molar-refractivity contribution < 1.29 is 32.3 Å². The first-order valence-electron chi connectivity index (χ1n) is 18.1. The topological polar surface area (TPSA) is 153 Å². The zero-order chi connectivity index (χ0) is 38.4. The quantitative estimate of drug-likeness (QED) is 0.144. The molecule has 55 heavy (non-hydrogen) atoms. The molecule has 2 aromatic heterocycles. The Labute approximate surface area is 315 Å². The number of aliphatic carboxylic acids is 1. The first kappa shape index (κ1) is 35.9. The molecule has 2 fully saturated rings. The summed E-state index contributed by atoms with van der Waals surface area (Å²) in [7, 11) is 0. The van der Waals surface area contributed by atoms with E-state index < -0.39 is 18.6 Å². The summed E-state index contributed by atoms with van der Waals surface area (Å²) in [5.74, 6) is -0.330. The molecule has 4 aromatic carbocycles. The highest BCUT2D eigenvalue weighted by molar-refractivity contribution is 5.86. The molecular formula is C42H36F2N6O5. The summed E-state index contributed by atoms with van der Waals surface area (Å²) in [6, 6.07) is 22.3. The number of likely N-dealkylation sites (tertiary alicyclic amines) is 2. The van der Waals surface area contributed by atoms with Crippen LogP contribution in [0.5, 0.6) is 5.75 Å². The van der Waals surface area contributed by atoms with Crippen LogP contribution >= 0.6 is 0 Å². The van der Waals surface area contributed by atoms with Crippen molar-refractivity contribution >= 4 is 28.2 Å². The lowest BCUT2D eigenvalue weighted by atomic mass is 9.91. The number of nitrogens with zero attached hydrogens (tertiary/aromatic N) is 6. The van der Waals surface area contributed by atoms with Crippen LogP contribution in [0.2, 0.25) is 0 Å². The number of nitriles is 2. The standard InChI is InChI=1S/C42H36F2N6O5/c1-23-29(6-3-8-31(23)39-47-33-16-28(22-50-12-5-10-35(50)41(51)52)36(54-42(43)44)17-37(33)53-39)30-7-4-9-32(24(30)2)40-48-34-15-26(14-27(19-46)38(34)55-40)21-49-13-11-25(18-45)20-49/h3-4,6-9,14-17,25,35,42H,5,10-13,20-22H2,1-2H3,(H,51,52)/t25?,35-/m1/s1. The van der Waals surface area contributed by atoms with Gasteiger partial charge in [0.1, 0.15) is 28.9 Å². The van der Waals surface area contributed by atoms with Crippen LogP contribution in [0.3, 0.4) is 0 Å². The minimum absolute atomic E-state index is 0.0188. The second-order valence-corrected chi connectivity index (χ2v) is 14.2. The Hall–Kier alpha value is -6.15. The molecule has 8 rings (SSSR count). The van der Waals surface area contributed by atoms with E-state index in [0.717, 1.165) is 46.3 Å². The molecule has 11 nitrogen and oxygen atoms in total. The van der Waals surface area contributed by atoms with E-state index in [1.165, 1.54) is 6.07 Å². The molecule has 1 unspecified atom stereocenters. The summed E-state index contributed by atoms with van der Waals surface area (Å²) >= 11 is 0. The van der Waals surface area contributed by atoms with Gasteiger partial charge in [0.2, 0.25) is 11.8 Å². The minimum atomic E-state index is -3.08. The fourth-order valence-corrected chi connectivity index (χ4v) is 8.00. The fraction of sp³-hybridized carbons (Fsp3) is 0.310. The summed E-state index contributed by atoms with van der Waals surface area (Å²) < 4.78 is 44.3. The van der Waals surface area contributed by atoms with Crippen molar-refractivity contribution in [2.45, 2.75) is 58.9 Å². The molecule has 0 radical (unpaired) electrons. The predicted octanol–water partition coefficient (Wildman–Crippen LogP) is 8.45. The maximum atomic E-state index is 13.5. The average molecular weight is 743 g/mol. The molecule has 4 heterocycles. The van der Waals surface area contributed by atoms with Gasteiger partial charge in [-0.3, -0.25) is 14.6 Å². The van der Waals surface area contributed by atoms with Gasteiger partial charge >= 0.3 is 12.6 Å². The van der Waals surface area contributed by atoms with Crippen LogP contribution in [0.1, 0.15) is 47.1 Å². The monoisotopic (exact) mass is 742 g/mol. The molecule has 0 spiro atoms. The molecule has 0 saturated carbocycles. The third-order valence-electron chi connectivity index (χ3n) is 10.8. The van der Waals surface area contributed by atoms with Crippen molar-refractivity contribution in [3.63, 3.8) is 0 Å². The highest BCUT2D eigenvalue weighted by Gasteiger charge is 2.32. The zero-order valence-corrected chi connectivity index (χ0v) is 30.2. The van der Waals surface area contributed by atoms with Crippen LogP contribution in [-0.4, -0.2) is 63.1 Å². The number of halogens is 2. The Morgan fingerprint density at radius 2 is 1.62 bits per heavy atom. The largest absolute Gasteiger partial charge is 0.480 e. The summed E-state index contributed by atoms with van der Waals surface area (Å²) in [5.41, 5.74) is 8.52. The SMILES string of the molecule is Cc1c(-c2nc3cc(CN4CCC[C@@H]4C(=O)O)c(OC(F)F)cc3o2)cccc1-c1cccc(-c2nc3cc(CN4CCC(C#N)C4)cc(C#N)c3o2)c1C. The number of hydrogen-bond donors (Lipinski definition) is 1. The van der Waals surface area contributed by atoms with E-state index in [1.807, 2.05) is 62.4 Å². The third-order valence-corrected chi connectivity index (χ3v) is 10.8. The highest BCUT2D eigenvalue weighted by Crippen LogP contribution is 2.39. The lowest BCUT2D eigenvalue weighted by Crippen LogP contribution is -2.35. The molecule has 0 bridgehead atoms. The number of benzene rings is 4. The summed E-state index contributed by atoms with van der Waals surface area (Å²) in [6.45, 7) is 3.66. The Balaban J connectivity index is 1.12. The van der Waals surface area contributed by atoms with Gasteiger partial charge in [-0.2, -0.15) is 19.3 Å². The van der Waals surface area contributed by atoms with Crippen LogP contribution in [0.4, 0.5) is 8.78 Å². The zero-order valence-electron chi connectivity index (χ0n) is 30.2. The maximum absolute atomic E-state index is 13.5. The van der Waals surface area contributed by atoms with Gasteiger partial charge in [-0.25, -0.2) is 9.97 Å². The molecule has 0 aliphatic carbocycles. The number of alkyl halides is 2. The molecular weight excluding hydrogens is 706 g/mol. The van der Waals surface area contributed by atoms with Crippen molar-refractivity contribution in [3.05, 3.63) is 88.5 Å². The molecule has 2 saturated heterocycles. The van der Waals surface area contributed by atoms with Crippen molar-refractivity contribution in [1.82, 2.24) is 19.8 Å². The van der Waals surface area contributed by atoms with E-state index in [0.29, 0.717) is 77.6 Å². The number of aromatic nitrogens is 2. The molecule has 0 amide bonds. The van der Waals surface area contributed by atoms with Gasteiger partial charge in [-0.15, -0.1) is 0 Å². The average Bonchev–Trinajstić information content (AvgIpc) is 3.98. The predicted molar refractivity (Wildman–Crippen MR) is 199 cm³/mol. The molecule has 2 aliphatic rings. The normalized spacial score (nSPS) is 17.7. The molecule has 13 heteroatoms. The minimum Gasteiger partial charge on any atom is -0.480 e. The van der Waals surface area contributed by atoms with Crippen LogP contribution < -0.4 is 4.74 Å². The molecule has 278 valence electrons. The van der Waals surface area contributed by atoms with E-state index in [1.54, 1.807) is 11.0 Å². The first-order valence-corrected chi connectivity index (χ1v) is 18.1. The number of hydrogen-bond acceptors (Lipinski definition) is 10. The smallest absolute Gasteiger partial charge is 0.387 e. The summed E-state index contributed by atoms with van der Waals surface area (Å²) in [6.07, 6.45) is 2.01. The Morgan fingerprint density at radius 1 is 0.927 bits per heavy atom.